The molecule has 0 saturated heterocycles. The van der Waals surface area contributed by atoms with Crippen molar-refractivity contribution < 1.29 is 4.74 Å². The van der Waals surface area contributed by atoms with Crippen LogP contribution in [0.25, 0.3) is 0 Å². The van der Waals surface area contributed by atoms with Gasteiger partial charge in [0.25, 0.3) is 0 Å². The quantitative estimate of drug-likeness (QED) is 0.915. The fraction of sp³-hybridized carbons (Fsp3) is 0.368. The van der Waals surface area contributed by atoms with E-state index in [9.17, 15) is 0 Å². The van der Waals surface area contributed by atoms with Gasteiger partial charge >= 0.3 is 0 Å². The van der Waals surface area contributed by atoms with Crippen molar-refractivity contribution in [1.82, 2.24) is 5.32 Å². The first kappa shape index (κ1) is 14.2. The smallest absolute Gasteiger partial charge is 0.121 e. The molecule has 2 heteroatoms. The summed E-state index contributed by atoms with van der Waals surface area (Å²) in [4.78, 5) is 0. The Hall–Kier alpha value is -1.80. The Morgan fingerprint density at radius 2 is 1.95 bits per heavy atom. The van der Waals surface area contributed by atoms with Crippen molar-refractivity contribution >= 4 is 0 Å². The molecule has 1 aliphatic heterocycles. The molecule has 0 bridgehead atoms. The minimum Gasteiger partial charge on any atom is -0.486 e. The summed E-state index contributed by atoms with van der Waals surface area (Å²) < 4.78 is 6.14. The summed E-state index contributed by atoms with van der Waals surface area (Å²) in [6, 6.07) is 16.9. The molecule has 0 radical (unpaired) electrons. The summed E-state index contributed by atoms with van der Waals surface area (Å²) in [6.45, 7) is 6.50. The van der Waals surface area contributed by atoms with E-state index in [4.69, 9.17) is 4.74 Å². The zero-order valence-corrected chi connectivity index (χ0v) is 12.8. The van der Waals surface area contributed by atoms with Crippen molar-refractivity contribution in [3.05, 3.63) is 65.2 Å². The summed E-state index contributed by atoms with van der Waals surface area (Å²) in [5.74, 6) is 1.51. The van der Waals surface area contributed by atoms with Gasteiger partial charge in [0.15, 0.2) is 0 Å². The Morgan fingerprint density at radius 3 is 2.76 bits per heavy atom. The van der Waals surface area contributed by atoms with E-state index < -0.39 is 0 Å². The van der Waals surface area contributed by atoms with Crippen molar-refractivity contribution in [1.29, 1.82) is 0 Å². The Labute approximate surface area is 127 Å². The molecule has 2 aromatic rings. The van der Waals surface area contributed by atoms with Crippen LogP contribution in [0.5, 0.6) is 5.75 Å². The van der Waals surface area contributed by atoms with Crippen LogP contribution in [-0.4, -0.2) is 13.1 Å². The lowest BCUT2D eigenvalue weighted by atomic mass is 9.95. The van der Waals surface area contributed by atoms with Crippen LogP contribution in [-0.2, 0) is 6.42 Å². The number of rotatable bonds is 3. The highest BCUT2D eigenvalue weighted by molar-refractivity contribution is 5.39. The van der Waals surface area contributed by atoms with E-state index in [0.717, 1.165) is 25.3 Å². The fourth-order valence-electron chi connectivity index (χ4n) is 2.98. The molecule has 0 fully saturated rings. The maximum Gasteiger partial charge on any atom is 0.121 e. The summed E-state index contributed by atoms with van der Waals surface area (Å²) in [5, 5.41) is 3.49. The third-order valence-electron chi connectivity index (χ3n) is 4.25. The largest absolute Gasteiger partial charge is 0.486 e. The standard InChI is InChI=1S/C19H23NO/c1-14-13-20-11-10-17-8-9-18(12-19(14)17)21-15(2)16-6-4-3-5-7-16/h3-9,12,14-15,20H,10-11,13H2,1-2H3. The minimum absolute atomic E-state index is 0.0726. The van der Waals surface area contributed by atoms with Gasteiger partial charge in [-0.1, -0.05) is 43.3 Å². The van der Waals surface area contributed by atoms with E-state index in [-0.39, 0.29) is 6.10 Å². The van der Waals surface area contributed by atoms with Gasteiger partial charge in [0.1, 0.15) is 11.9 Å². The van der Waals surface area contributed by atoms with Gasteiger partial charge in [-0.05, 0) is 54.6 Å². The number of hydrogen-bond acceptors (Lipinski definition) is 2. The molecule has 0 aliphatic carbocycles. The lowest BCUT2D eigenvalue weighted by Crippen LogP contribution is -2.18. The summed E-state index contributed by atoms with van der Waals surface area (Å²) in [7, 11) is 0. The van der Waals surface area contributed by atoms with Gasteiger partial charge in [0.2, 0.25) is 0 Å². The Kier molecular flexibility index (Phi) is 4.26. The van der Waals surface area contributed by atoms with Gasteiger partial charge < -0.3 is 10.1 Å². The molecule has 2 atom stereocenters. The fourth-order valence-corrected chi connectivity index (χ4v) is 2.98. The SMILES string of the molecule is CC1CNCCc2ccc(OC(C)c3ccccc3)cc21. The molecule has 0 aromatic heterocycles. The average molecular weight is 281 g/mol. The van der Waals surface area contributed by atoms with Gasteiger partial charge in [0, 0.05) is 6.54 Å². The molecule has 2 unspecified atom stereocenters. The first-order valence-electron chi connectivity index (χ1n) is 7.79. The number of hydrogen-bond donors (Lipinski definition) is 1. The van der Waals surface area contributed by atoms with Crippen molar-refractivity contribution in [2.24, 2.45) is 0 Å². The van der Waals surface area contributed by atoms with Crippen LogP contribution in [0.1, 0.15) is 42.6 Å². The highest BCUT2D eigenvalue weighted by Gasteiger charge is 2.16. The molecule has 110 valence electrons. The van der Waals surface area contributed by atoms with E-state index in [1.807, 2.05) is 6.07 Å². The van der Waals surface area contributed by atoms with Crippen molar-refractivity contribution in [3.63, 3.8) is 0 Å². The van der Waals surface area contributed by atoms with Gasteiger partial charge in [-0.15, -0.1) is 0 Å². The Morgan fingerprint density at radius 1 is 1.14 bits per heavy atom. The third kappa shape index (κ3) is 3.27. The predicted molar refractivity (Wildman–Crippen MR) is 86.9 cm³/mol. The minimum atomic E-state index is 0.0726. The molecule has 1 heterocycles. The van der Waals surface area contributed by atoms with Crippen molar-refractivity contribution in [3.8, 4) is 5.75 Å². The van der Waals surface area contributed by atoms with Crippen molar-refractivity contribution in [2.75, 3.05) is 13.1 Å². The molecule has 0 spiro atoms. The maximum absolute atomic E-state index is 6.14. The predicted octanol–water partition coefficient (Wildman–Crippen LogP) is 4.08. The van der Waals surface area contributed by atoms with Crippen molar-refractivity contribution in [2.45, 2.75) is 32.3 Å². The van der Waals surface area contributed by atoms with Crippen LogP contribution in [0.3, 0.4) is 0 Å². The van der Waals surface area contributed by atoms with E-state index in [2.05, 4.69) is 61.6 Å². The monoisotopic (exact) mass is 281 g/mol. The topological polar surface area (TPSA) is 21.3 Å². The zero-order valence-electron chi connectivity index (χ0n) is 12.8. The second kappa shape index (κ2) is 6.31. The van der Waals surface area contributed by atoms with E-state index in [1.54, 1.807) is 0 Å². The van der Waals surface area contributed by atoms with Gasteiger partial charge in [-0.25, -0.2) is 0 Å². The second-order valence-electron chi connectivity index (χ2n) is 5.89. The first-order chi connectivity index (χ1) is 10.2. The normalized spacial score (nSPS) is 19.4. The summed E-state index contributed by atoms with van der Waals surface area (Å²) in [5.41, 5.74) is 4.09. The molecule has 1 aliphatic rings. The molecule has 2 nitrogen and oxygen atoms in total. The zero-order chi connectivity index (χ0) is 14.7. The Bertz CT molecular complexity index is 594. The second-order valence-corrected chi connectivity index (χ2v) is 5.89. The molecule has 0 amide bonds. The summed E-state index contributed by atoms with van der Waals surface area (Å²) in [6.07, 6.45) is 1.18. The van der Waals surface area contributed by atoms with E-state index in [0.29, 0.717) is 5.92 Å². The molecule has 2 aromatic carbocycles. The molecular weight excluding hydrogens is 258 g/mol. The van der Waals surface area contributed by atoms with Crippen LogP contribution in [0.15, 0.2) is 48.5 Å². The van der Waals surface area contributed by atoms with Gasteiger partial charge in [-0.3, -0.25) is 0 Å². The van der Waals surface area contributed by atoms with Crippen LogP contribution >= 0.6 is 0 Å². The van der Waals surface area contributed by atoms with Crippen LogP contribution in [0.2, 0.25) is 0 Å². The lowest BCUT2D eigenvalue weighted by Gasteiger charge is -2.18. The molecule has 21 heavy (non-hydrogen) atoms. The van der Waals surface area contributed by atoms with Gasteiger partial charge in [0.05, 0.1) is 0 Å². The van der Waals surface area contributed by atoms with E-state index in [1.165, 1.54) is 16.7 Å². The van der Waals surface area contributed by atoms with E-state index >= 15 is 0 Å². The molecule has 1 N–H and O–H groups in total. The highest BCUT2D eigenvalue weighted by atomic mass is 16.5. The first-order valence-corrected chi connectivity index (χ1v) is 7.79. The number of ether oxygens (including phenoxy) is 1. The summed E-state index contributed by atoms with van der Waals surface area (Å²) >= 11 is 0. The number of nitrogens with one attached hydrogen (secondary N) is 1. The van der Waals surface area contributed by atoms with Crippen LogP contribution in [0, 0.1) is 0 Å². The van der Waals surface area contributed by atoms with Crippen LogP contribution in [0.4, 0.5) is 0 Å². The maximum atomic E-state index is 6.14. The molecular formula is C19H23NO. The average Bonchev–Trinajstić information content (AvgIpc) is 2.70. The lowest BCUT2D eigenvalue weighted by molar-refractivity contribution is 0.226. The number of benzene rings is 2. The highest BCUT2D eigenvalue weighted by Crippen LogP contribution is 2.29. The van der Waals surface area contributed by atoms with Crippen LogP contribution < -0.4 is 10.1 Å². The Balaban J connectivity index is 1.80. The van der Waals surface area contributed by atoms with Gasteiger partial charge in [-0.2, -0.15) is 0 Å². The third-order valence-corrected chi connectivity index (χ3v) is 4.25. The molecule has 3 rings (SSSR count). The molecule has 0 saturated carbocycles. The number of fused-ring (bicyclic) bond motifs is 1.